The smallest absolute Gasteiger partial charge is 0.478 e. The van der Waals surface area contributed by atoms with E-state index in [0.717, 1.165) is 0 Å². The molecule has 1 aromatic carbocycles. The summed E-state index contributed by atoms with van der Waals surface area (Å²) in [6.07, 6.45) is -4.50. The van der Waals surface area contributed by atoms with Crippen LogP contribution in [-0.4, -0.2) is 24.9 Å². The zero-order valence-corrected chi connectivity index (χ0v) is 11.3. The Labute approximate surface area is 115 Å². The molecule has 2 rings (SSSR count). The van der Waals surface area contributed by atoms with Gasteiger partial charge in [-0.05, 0) is 12.0 Å². The number of hydrogen-bond acceptors (Lipinski definition) is 3. The molecule has 0 aliphatic carbocycles. The molecule has 0 N–H and O–H groups in total. The van der Waals surface area contributed by atoms with Gasteiger partial charge < -0.3 is 9.47 Å². The van der Waals surface area contributed by atoms with Gasteiger partial charge in [0.15, 0.2) is 5.90 Å². The number of aliphatic imine (C=N–C) groups is 1. The minimum atomic E-state index is -4.70. The van der Waals surface area contributed by atoms with Crippen molar-refractivity contribution < 1.29 is 22.6 Å². The van der Waals surface area contributed by atoms with E-state index < -0.39 is 6.36 Å². The highest BCUT2D eigenvalue weighted by atomic mass is 19.4. The van der Waals surface area contributed by atoms with Crippen molar-refractivity contribution in [3.05, 3.63) is 29.8 Å². The van der Waals surface area contributed by atoms with Crippen molar-refractivity contribution in [3.8, 4) is 5.75 Å². The number of rotatable bonds is 4. The normalized spacial score (nSPS) is 18.9. The maximum atomic E-state index is 12.3. The van der Waals surface area contributed by atoms with E-state index in [4.69, 9.17) is 4.74 Å². The average molecular weight is 287 g/mol. The lowest BCUT2D eigenvalue weighted by molar-refractivity contribution is -0.274. The van der Waals surface area contributed by atoms with Gasteiger partial charge in [-0.3, -0.25) is 0 Å². The summed E-state index contributed by atoms with van der Waals surface area (Å²) in [5, 5.41) is 0. The van der Waals surface area contributed by atoms with Crippen LogP contribution in [0.5, 0.6) is 5.75 Å². The van der Waals surface area contributed by atoms with E-state index >= 15 is 0 Å². The maximum absolute atomic E-state index is 12.3. The van der Waals surface area contributed by atoms with Crippen molar-refractivity contribution in [3.63, 3.8) is 0 Å². The third-order valence-electron chi connectivity index (χ3n) is 3.04. The number of benzene rings is 1. The van der Waals surface area contributed by atoms with Crippen LogP contribution >= 0.6 is 0 Å². The molecular weight excluding hydrogens is 271 g/mol. The zero-order chi connectivity index (χ0) is 14.8. The monoisotopic (exact) mass is 287 g/mol. The van der Waals surface area contributed by atoms with Gasteiger partial charge in [0.2, 0.25) is 0 Å². The van der Waals surface area contributed by atoms with Crippen LogP contribution in [0.1, 0.15) is 19.4 Å². The summed E-state index contributed by atoms with van der Waals surface area (Å²) in [4.78, 5) is 4.38. The average Bonchev–Trinajstić information content (AvgIpc) is 2.78. The third kappa shape index (κ3) is 3.88. The summed E-state index contributed by atoms with van der Waals surface area (Å²) in [7, 11) is 0. The Hall–Kier alpha value is -1.72. The van der Waals surface area contributed by atoms with Gasteiger partial charge in [-0.2, -0.15) is 0 Å². The molecule has 0 saturated heterocycles. The summed E-state index contributed by atoms with van der Waals surface area (Å²) in [6.45, 7) is 4.54. The standard InChI is InChI=1S/C14H16F3NO2/c1-9(2)11-8-19-13(18-11)7-10-5-3-4-6-12(10)20-14(15,16)17/h3-6,9,11H,7-8H2,1-2H3/t11-/m0/s1. The van der Waals surface area contributed by atoms with Gasteiger partial charge in [0.05, 0.1) is 12.5 Å². The predicted octanol–water partition coefficient (Wildman–Crippen LogP) is 3.58. The van der Waals surface area contributed by atoms with Crippen LogP contribution in [0, 0.1) is 5.92 Å². The van der Waals surface area contributed by atoms with Crippen molar-refractivity contribution in [1.82, 2.24) is 0 Å². The molecule has 20 heavy (non-hydrogen) atoms. The number of para-hydroxylation sites is 1. The zero-order valence-electron chi connectivity index (χ0n) is 11.3. The number of alkyl halides is 3. The molecule has 1 heterocycles. The van der Waals surface area contributed by atoms with Crippen LogP contribution in [0.2, 0.25) is 0 Å². The SMILES string of the molecule is CC(C)[C@@H]1COC(Cc2ccccc2OC(F)(F)F)=N1. The van der Waals surface area contributed by atoms with Gasteiger partial charge in [0.1, 0.15) is 12.4 Å². The lowest BCUT2D eigenvalue weighted by Crippen LogP contribution is -2.18. The Bertz CT molecular complexity index is 497. The quantitative estimate of drug-likeness (QED) is 0.847. The van der Waals surface area contributed by atoms with E-state index in [-0.39, 0.29) is 18.2 Å². The predicted molar refractivity (Wildman–Crippen MR) is 68.8 cm³/mol. The summed E-state index contributed by atoms with van der Waals surface area (Å²) in [5.74, 6) is 0.593. The van der Waals surface area contributed by atoms with E-state index in [0.29, 0.717) is 24.0 Å². The van der Waals surface area contributed by atoms with Crippen molar-refractivity contribution in [2.24, 2.45) is 10.9 Å². The van der Waals surface area contributed by atoms with Gasteiger partial charge in [0, 0.05) is 5.56 Å². The minimum Gasteiger partial charge on any atom is -0.478 e. The largest absolute Gasteiger partial charge is 0.573 e. The number of hydrogen-bond donors (Lipinski definition) is 0. The molecule has 1 aliphatic heterocycles. The molecule has 1 aliphatic rings. The molecule has 0 bridgehead atoms. The van der Waals surface area contributed by atoms with Gasteiger partial charge in [-0.1, -0.05) is 32.0 Å². The lowest BCUT2D eigenvalue weighted by atomic mass is 10.1. The van der Waals surface area contributed by atoms with Crippen LogP contribution in [-0.2, 0) is 11.2 Å². The molecule has 0 fully saturated rings. The fourth-order valence-electron chi connectivity index (χ4n) is 1.92. The molecular formula is C14H16F3NO2. The molecule has 0 unspecified atom stereocenters. The minimum absolute atomic E-state index is 0.0701. The Balaban J connectivity index is 2.12. The topological polar surface area (TPSA) is 30.8 Å². The Morgan fingerprint density at radius 2 is 2.05 bits per heavy atom. The molecule has 6 heteroatoms. The summed E-state index contributed by atoms with van der Waals surface area (Å²) >= 11 is 0. The second-order valence-electron chi connectivity index (χ2n) is 4.98. The molecule has 110 valence electrons. The first kappa shape index (κ1) is 14.7. The van der Waals surface area contributed by atoms with Gasteiger partial charge in [-0.15, -0.1) is 13.2 Å². The Morgan fingerprint density at radius 1 is 1.35 bits per heavy atom. The number of halogens is 3. The highest BCUT2D eigenvalue weighted by molar-refractivity contribution is 5.80. The first-order chi connectivity index (χ1) is 9.35. The van der Waals surface area contributed by atoms with E-state index in [9.17, 15) is 13.2 Å². The molecule has 0 radical (unpaired) electrons. The van der Waals surface area contributed by atoms with E-state index in [1.165, 1.54) is 12.1 Å². The van der Waals surface area contributed by atoms with Crippen LogP contribution in [0.4, 0.5) is 13.2 Å². The maximum Gasteiger partial charge on any atom is 0.573 e. The fourth-order valence-corrected chi connectivity index (χ4v) is 1.92. The van der Waals surface area contributed by atoms with E-state index in [1.807, 2.05) is 13.8 Å². The summed E-state index contributed by atoms with van der Waals surface area (Å²) in [5.41, 5.74) is 0.410. The molecule has 0 spiro atoms. The van der Waals surface area contributed by atoms with Gasteiger partial charge >= 0.3 is 6.36 Å². The van der Waals surface area contributed by atoms with Gasteiger partial charge in [-0.25, -0.2) is 4.99 Å². The van der Waals surface area contributed by atoms with Crippen LogP contribution < -0.4 is 4.74 Å². The Morgan fingerprint density at radius 3 is 2.65 bits per heavy atom. The van der Waals surface area contributed by atoms with E-state index in [2.05, 4.69) is 9.73 Å². The summed E-state index contributed by atoms with van der Waals surface area (Å²) in [6, 6.07) is 6.10. The third-order valence-corrected chi connectivity index (χ3v) is 3.04. The van der Waals surface area contributed by atoms with Crippen molar-refractivity contribution in [2.75, 3.05) is 6.61 Å². The van der Waals surface area contributed by atoms with Crippen LogP contribution in [0.3, 0.4) is 0 Å². The Kier molecular flexibility index (Phi) is 4.20. The first-order valence-electron chi connectivity index (χ1n) is 6.38. The molecule has 0 aromatic heterocycles. The summed E-state index contributed by atoms with van der Waals surface area (Å²) < 4.78 is 46.4. The molecule has 1 aromatic rings. The number of nitrogens with zero attached hydrogens (tertiary/aromatic N) is 1. The second kappa shape index (κ2) is 5.73. The lowest BCUT2D eigenvalue weighted by Gasteiger charge is -2.12. The second-order valence-corrected chi connectivity index (χ2v) is 4.98. The highest BCUT2D eigenvalue weighted by Gasteiger charge is 2.32. The molecule has 3 nitrogen and oxygen atoms in total. The van der Waals surface area contributed by atoms with Gasteiger partial charge in [0.25, 0.3) is 0 Å². The molecule has 1 atom stereocenters. The van der Waals surface area contributed by atoms with Crippen LogP contribution in [0.25, 0.3) is 0 Å². The van der Waals surface area contributed by atoms with Crippen molar-refractivity contribution in [1.29, 1.82) is 0 Å². The number of ether oxygens (including phenoxy) is 2. The van der Waals surface area contributed by atoms with E-state index in [1.54, 1.807) is 12.1 Å². The molecule has 0 saturated carbocycles. The van der Waals surface area contributed by atoms with Crippen LogP contribution in [0.15, 0.2) is 29.3 Å². The molecule has 0 amide bonds. The first-order valence-corrected chi connectivity index (χ1v) is 6.38. The van der Waals surface area contributed by atoms with Crippen molar-refractivity contribution >= 4 is 5.90 Å². The van der Waals surface area contributed by atoms with Crippen molar-refractivity contribution in [2.45, 2.75) is 32.7 Å². The highest BCUT2D eigenvalue weighted by Crippen LogP contribution is 2.27. The fraction of sp³-hybridized carbons (Fsp3) is 0.500.